The number of halogens is 5. The van der Waals surface area contributed by atoms with Crippen molar-refractivity contribution >= 4 is 11.8 Å². The van der Waals surface area contributed by atoms with Crippen LogP contribution in [0.5, 0.6) is 0 Å². The molecule has 0 radical (unpaired) electrons. The molecule has 0 aromatic heterocycles. The van der Waals surface area contributed by atoms with Crippen molar-refractivity contribution in [3.63, 3.8) is 0 Å². The van der Waals surface area contributed by atoms with Crippen LogP contribution in [0.2, 0.25) is 0 Å². The predicted octanol–water partition coefficient (Wildman–Crippen LogP) is 2.19. The van der Waals surface area contributed by atoms with E-state index in [9.17, 15) is 31.5 Å². The highest BCUT2D eigenvalue weighted by molar-refractivity contribution is 6.00. The van der Waals surface area contributed by atoms with E-state index in [2.05, 4.69) is 16.9 Å². The Morgan fingerprint density at radius 2 is 1.55 bits per heavy atom. The van der Waals surface area contributed by atoms with Crippen molar-refractivity contribution in [2.75, 3.05) is 0 Å². The molecule has 2 rings (SSSR count). The van der Waals surface area contributed by atoms with E-state index >= 15 is 0 Å². The van der Waals surface area contributed by atoms with E-state index in [0.717, 1.165) is 6.08 Å². The molecule has 1 N–H and O–H groups in total. The minimum Gasteiger partial charge on any atom is -0.367 e. The fraction of sp³-hybridized carbons (Fsp3) is 0.231. The number of rotatable bonds is 5. The first-order valence-corrected chi connectivity index (χ1v) is 5.94. The number of hydrogen-bond acceptors (Lipinski definition) is 4. The quantitative estimate of drug-likeness (QED) is 0.226. The van der Waals surface area contributed by atoms with E-state index in [1.165, 1.54) is 0 Å². The summed E-state index contributed by atoms with van der Waals surface area (Å²) in [6.07, 6.45) is 0.846. The third-order valence-electron chi connectivity index (χ3n) is 3.06. The molecule has 1 saturated carbocycles. The van der Waals surface area contributed by atoms with Gasteiger partial charge in [0.2, 0.25) is 5.82 Å². The van der Waals surface area contributed by atoms with Crippen molar-refractivity contribution in [2.45, 2.75) is 12.5 Å². The smallest absolute Gasteiger partial charge is 0.348 e. The van der Waals surface area contributed by atoms with Gasteiger partial charge in [-0.2, -0.15) is 0 Å². The molecule has 0 amide bonds. The van der Waals surface area contributed by atoms with Crippen LogP contribution < -0.4 is 5.48 Å². The van der Waals surface area contributed by atoms with Crippen LogP contribution in [0.25, 0.3) is 0 Å². The first-order chi connectivity index (χ1) is 10.3. The van der Waals surface area contributed by atoms with E-state index in [4.69, 9.17) is 0 Å². The van der Waals surface area contributed by atoms with Crippen LogP contribution in [-0.4, -0.2) is 17.8 Å². The third-order valence-corrected chi connectivity index (χ3v) is 3.06. The number of carbonyl (C=O) groups is 2. The summed E-state index contributed by atoms with van der Waals surface area (Å²) in [5.41, 5.74) is 0.640. The maximum atomic E-state index is 13.5. The Kier molecular flexibility index (Phi) is 4.27. The van der Waals surface area contributed by atoms with Crippen molar-refractivity contribution in [3.8, 4) is 0 Å². The molecule has 0 spiro atoms. The number of ketones is 1. The average molecular weight is 321 g/mol. The summed E-state index contributed by atoms with van der Waals surface area (Å²) in [5, 5.41) is 0. The Bertz CT molecular complexity index is 647. The molecular weight excluding hydrogens is 313 g/mol. The number of hydroxylamine groups is 1. The molecule has 0 bridgehead atoms. The molecule has 118 valence electrons. The van der Waals surface area contributed by atoms with Gasteiger partial charge in [0.1, 0.15) is 0 Å². The molecule has 2 atom stereocenters. The van der Waals surface area contributed by atoms with Gasteiger partial charge in [-0.15, -0.1) is 5.48 Å². The second kappa shape index (κ2) is 5.84. The fourth-order valence-corrected chi connectivity index (χ4v) is 1.80. The van der Waals surface area contributed by atoms with E-state index < -0.39 is 58.4 Å². The molecular formula is C13H8F5NO3. The number of carbonyl (C=O) groups excluding carboxylic acids is 2. The largest absolute Gasteiger partial charge is 0.367 e. The fourth-order valence-electron chi connectivity index (χ4n) is 1.80. The number of hydrogen-bond donors (Lipinski definition) is 1. The van der Waals surface area contributed by atoms with Gasteiger partial charge >= 0.3 is 5.97 Å². The highest BCUT2D eigenvalue weighted by Gasteiger charge is 2.47. The molecule has 0 saturated heterocycles. The van der Waals surface area contributed by atoms with Crippen LogP contribution >= 0.6 is 0 Å². The van der Waals surface area contributed by atoms with Gasteiger partial charge in [-0.3, -0.25) is 4.79 Å². The zero-order valence-corrected chi connectivity index (χ0v) is 10.8. The Hall–Kier alpha value is -2.29. The molecule has 1 aromatic carbocycles. The summed E-state index contributed by atoms with van der Waals surface area (Å²) in [6.45, 7) is 3.11. The molecule has 1 fully saturated rings. The van der Waals surface area contributed by atoms with Gasteiger partial charge in [-0.05, 0) is 6.42 Å². The predicted molar refractivity (Wildman–Crippen MR) is 61.9 cm³/mol. The molecule has 9 heteroatoms. The van der Waals surface area contributed by atoms with Gasteiger partial charge in [-0.25, -0.2) is 26.7 Å². The lowest BCUT2D eigenvalue weighted by atomic mass is 10.0. The maximum Gasteiger partial charge on any atom is 0.348 e. The summed E-state index contributed by atoms with van der Waals surface area (Å²) >= 11 is 0. The maximum absolute atomic E-state index is 13.5. The summed E-state index contributed by atoms with van der Waals surface area (Å²) < 4.78 is 65.9. The van der Waals surface area contributed by atoms with Gasteiger partial charge in [0, 0.05) is 12.0 Å². The van der Waals surface area contributed by atoms with Gasteiger partial charge in [-0.1, -0.05) is 6.58 Å². The normalized spacial score (nSPS) is 19.7. The number of benzene rings is 1. The third kappa shape index (κ3) is 2.71. The van der Waals surface area contributed by atoms with Crippen molar-refractivity contribution in [1.29, 1.82) is 0 Å². The molecule has 22 heavy (non-hydrogen) atoms. The molecule has 1 aromatic rings. The van der Waals surface area contributed by atoms with E-state index in [-0.39, 0.29) is 6.42 Å². The topological polar surface area (TPSA) is 55.4 Å². The summed E-state index contributed by atoms with van der Waals surface area (Å²) in [5.74, 6) is -14.3. The second-order valence-corrected chi connectivity index (χ2v) is 4.50. The van der Waals surface area contributed by atoms with Gasteiger partial charge in [0.05, 0.1) is 11.6 Å². The van der Waals surface area contributed by atoms with E-state index in [1.54, 1.807) is 0 Å². The van der Waals surface area contributed by atoms with Crippen LogP contribution in [0.4, 0.5) is 22.0 Å². The molecule has 0 aliphatic heterocycles. The zero-order chi connectivity index (χ0) is 16.6. The first-order valence-electron chi connectivity index (χ1n) is 5.94. The second-order valence-electron chi connectivity index (χ2n) is 4.50. The minimum absolute atomic E-state index is 0.0166. The lowest BCUT2D eigenvalue weighted by Gasteiger charge is -2.07. The average Bonchev–Trinajstić information content (AvgIpc) is 3.28. The zero-order valence-electron chi connectivity index (χ0n) is 10.8. The van der Waals surface area contributed by atoms with Crippen molar-refractivity contribution in [3.05, 3.63) is 47.3 Å². The highest BCUT2D eigenvalue weighted by atomic mass is 19.2. The van der Waals surface area contributed by atoms with E-state index in [1.807, 2.05) is 0 Å². The molecule has 1 aliphatic carbocycles. The van der Waals surface area contributed by atoms with Crippen molar-refractivity contribution in [2.24, 2.45) is 5.92 Å². The Morgan fingerprint density at radius 3 is 2.05 bits per heavy atom. The Labute approximate surface area is 120 Å². The Morgan fingerprint density at radius 1 is 1.05 bits per heavy atom. The van der Waals surface area contributed by atoms with Crippen LogP contribution in [0.15, 0.2) is 12.7 Å². The van der Waals surface area contributed by atoms with Gasteiger partial charge in [0.25, 0.3) is 0 Å². The first kappa shape index (κ1) is 16.1. The standard InChI is InChI=1S/C13H8F5NO3/c1-2-6(20)22-19-5-3-4(5)13(21)7-8(14)10(16)12(18)11(17)9(7)15/h2,4-5,19H,1,3H2. The van der Waals surface area contributed by atoms with Crippen LogP contribution in [0, 0.1) is 35.0 Å². The molecule has 4 nitrogen and oxygen atoms in total. The monoisotopic (exact) mass is 321 g/mol. The lowest BCUT2D eigenvalue weighted by Crippen LogP contribution is -2.25. The van der Waals surface area contributed by atoms with Crippen LogP contribution in [0.1, 0.15) is 16.8 Å². The SMILES string of the molecule is C=CC(=O)ONC1CC1C(=O)c1c(F)c(F)c(F)c(F)c1F. The minimum atomic E-state index is -2.34. The molecule has 1 aliphatic rings. The molecule has 2 unspecified atom stereocenters. The summed E-state index contributed by atoms with van der Waals surface area (Å²) in [7, 11) is 0. The van der Waals surface area contributed by atoms with Gasteiger partial charge in [0.15, 0.2) is 29.1 Å². The number of Topliss-reactive ketones (excluding diaryl/α,β-unsaturated/α-hetero) is 1. The highest BCUT2D eigenvalue weighted by Crippen LogP contribution is 2.36. The Balaban J connectivity index is 2.19. The van der Waals surface area contributed by atoms with Crippen molar-refractivity contribution < 1.29 is 36.4 Å². The molecule has 0 heterocycles. The summed E-state index contributed by atoms with van der Waals surface area (Å²) in [4.78, 5) is 27.0. The number of nitrogens with one attached hydrogen (secondary N) is 1. The lowest BCUT2D eigenvalue weighted by molar-refractivity contribution is -0.145. The van der Waals surface area contributed by atoms with Crippen LogP contribution in [-0.2, 0) is 9.63 Å². The van der Waals surface area contributed by atoms with Crippen LogP contribution in [0.3, 0.4) is 0 Å². The van der Waals surface area contributed by atoms with E-state index in [0.29, 0.717) is 0 Å². The van der Waals surface area contributed by atoms with Gasteiger partial charge < -0.3 is 4.84 Å². The summed E-state index contributed by atoms with van der Waals surface area (Å²) in [6, 6.07) is -0.772. The van der Waals surface area contributed by atoms with Crippen molar-refractivity contribution in [1.82, 2.24) is 5.48 Å².